The maximum Gasteiger partial charge on any atom is 0.250 e. The molecule has 2 atom stereocenters. The Morgan fingerprint density at radius 2 is 2.05 bits per heavy atom. The zero-order valence-electron chi connectivity index (χ0n) is 14.0. The molecule has 0 radical (unpaired) electrons. The summed E-state index contributed by atoms with van der Waals surface area (Å²) in [4.78, 5) is 29.1. The fourth-order valence-corrected chi connectivity index (χ4v) is 4.31. The number of carbonyl (C=O) groups is 2. The Kier molecular flexibility index (Phi) is 6.36. The minimum atomic E-state index is -0.272. The number of likely N-dealkylation sites (tertiary alicyclic amines) is 1. The lowest BCUT2D eigenvalue weighted by molar-refractivity contribution is -0.141. The lowest BCUT2D eigenvalue weighted by atomic mass is 10.0. The zero-order valence-corrected chi connectivity index (χ0v) is 14.8. The van der Waals surface area contributed by atoms with Crippen molar-refractivity contribution in [2.24, 2.45) is 5.92 Å². The predicted molar refractivity (Wildman–Crippen MR) is 91.6 cm³/mol. The average molecular weight is 324 g/mol. The molecule has 0 bridgehead atoms. The van der Waals surface area contributed by atoms with E-state index in [0.717, 1.165) is 43.7 Å². The lowest BCUT2D eigenvalue weighted by Gasteiger charge is -2.29. The van der Waals surface area contributed by atoms with E-state index in [-0.39, 0.29) is 17.9 Å². The third-order valence-corrected chi connectivity index (χ3v) is 5.62. The smallest absolute Gasteiger partial charge is 0.250 e. The van der Waals surface area contributed by atoms with Gasteiger partial charge in [-0.25, -0.2) is 0 Å². The summed E-state index contributed by atoms with van der Waals surface area (Å²) in [5.74, 6) is 2.23. The molecule has 2 aliphatic heterocycles. The summed E-state index contributed by atoms with van der Waals surface area (Å²) in [7, 11) is 0. The third-order valence-electron chi connectivity index (χ3n) is 4.60. The number of rotatable bonds is 3. The summed E-state index contributed by atoms with van der Waals surface area (Å²) in [5, 5.41) is 0. The number of hydrogen-bond acceptors (Lipinski definition) is 3. The van der Waals surface area contributed by atoms with Gasteiger partial charge in [-0.2, -0.15) is 0 Å². The highest BCUT2D eigenvalue weighted by Gasteiger charge is 2.37. The minimum Gasteiger partial charge on any atom is -0.341 e. The zero-order chi connectivity index (χ0) is 16.1. The van der Waals surface area contributed by atoms with Crippen molar-refractivity contribution in [3.63, 3.8) is 0 Å². The molecular formula is C17H28N2O2S. The first-order valence-corrected chi connectivity index (χ1v) is 9.54. The number of allylic oxidation sites excluding steroid dienone is 1. The molecule has 4 nitrogen and oxygen atoms in total. The van der Waals surface area contributed by atoms with Crippen LogP contribution in [0.3, 0.4) is 0 Å². The van der Waals surface area contributed by atoms with Crippen LogP contribution in [-0.4, -0.2) is 52.4 Å². The van der Waals surface area contributed by atoms with Crippen molar-refractivity contribution < 1.29 is 9.59 Å². The Morgan fingerprint density at radius 3 is 2.77 bits per heavy atom. The van der Waals surface area contributed by atoms with Crippen LogP contribution in [0.4, 0.5) is 0 Å². The molecule has 2 heterocycles. The quantitative estimate of drug-likeness (QED) is 0.750. The van der Waals surface area contributed by atoms with E-state index in [1.165, 1.54) is 6.42 Å². The van der Waals surface area contributed by atoms with Crippen LogP contribution in [0.5, 0.6) is 0 Å². The number of carbonyl (C=O) groups excluding carboxylic acids is 2. The van der Waals surface area contributed by atoms with Crippen LogP contribution in [0, 0.1) is 5.92 Å². The molecule has 0 aromatic carbocycles. The lowest BCUT2D eigenvalue weighted by Crippen LogP contribution is -2.49. The van der Waals surface area contributed by atoms with Gasteiger partial charge in [-0.3, -0.25) is 9.59 Å². The predicted octanol–water partition coefficient (Wildman–Crippen LogP) is 2.89. The fourth-order valence-electron chi connectivity index (χ4n) is 3.16. The highest BCUT2D eigenvalue weighted by molar-refractivity contribution is 7.99. The SMILES string of the molecule is CC/C=C(\C)C(=O)N1CSCC1C(=O)N1CCCC(C)CC1. The van der Waals surface area contributed by atoms with Crippen molar-refractivity contribution in [1.82, 2.24) is 9.80 Å². The first-order chi connectivity index (χ1) is 10.5. The molecule has 0 aliphatic carbocycles. The van der Waals surface area contributed by atoms with E-state index in [0.29, 0.717) is 11.8 Å². The van der Waals surface area contributed by atoms with E-state index in [1.54, 1.807) is 16.7 Å². The Hall–Kier alpha value is -0.970. The fraction of sp³-hybridized carbons (Fsp3) is 0.765. The van der Waals surface area contributed by atoms with E-state index in [1.807, 2.05) is 24.8 Å². The molecule has 22 heavy (non-hydrogen) atoms. The molecule has 2 saturated heterocycles. The molecule has 2 unspecified atom stereocenters. The molecule has 2 rings (SSSR count). The molecule has 0 aromatic heterocycles. The van der Waals surface area contributed by atoms with Gasteiger partial charge in [0.15, 0.2) is 0 Å². The number of nitrogens with zero attached hydrogens (tertiary/aromatic N) is 2. The van der Waals surface area contributed by atoms with Gasteiger partial charge in [0.05, 0.1) is 5.88 Å². The second-order valence-corrected chi connectivity index (χ2v) is 7.45. The molecule has 0 aromatic rings. The van der Waals surface area contributed by atoms with Gasteiger partial charge in [-0.1, -0.05) is 19.9 Å². The highest BCUT2D eigenvalue weighted by atomic mass is 32.2. The maximum atomic E-state index is 12.9. The topological polar surface area (TPSA) is 40.6 Å². The first-order valence-electron chi connectivity index (χ1n) is 8.38. The Labute approximate surface area is 138 Å². The second-order valence-electron chi connectivity index (χ2n) is 6.45. The van der Waals surface area contributed by atoms with Gasteiger partial charge < -0.3 is 9.80 Å². The summed E-state index contributed by atoms with van der Waals surface area (Å²) in [5.41, 5.74) is 0.757. The van der Waals surface area contributed by atoms with Gasteiger partial charge in [0.1, 0.15) is 6.04 Å². The van der Waals surface area contributed by atoms with Crippen molar-refractivity contribution in [3.05, 3.63) is 11.6 Å². The number of thioether (sulfide) groups is 1. The second kappa shape index (κ2) is 8.04. The van der Waals surface area contributed by atoms with Crippen molar-refractivity contribution in [3.8, 4) is 0 Å². The Balaban J connectivity index is 2.04. The largest absolute Gasteiger partial charge is 0.341 e. The van der Waals surface area contributed by atoms with Crippen LogP contribution < -0.4 is 0 Å². The van der Waals surface area contributed by atoms with E-state index >= 15 is 0 Å². The highest BCUT2D eigenvalue weighted by Crippen LogP contribution is 2.26. The standard InChI is InChI=1S/C17H28N2O2S/c1-4-6-14(3)16(20)19-12-22-11-15(19)17(21)18-9-5-7-13(2)8-10-18/h6,13,15H,4-5,7-12H2,1-3H3/b14-6+. The first kappa shape index (κ1) is 17.4. The summed E-state index contributed by atoms with van der Waals surface area (Å²) in [6.45, 7) is 7.82. The van der Waals surface area contributed by atoms with E-state index in [4.69, 9.17) is 0 Å². The Morgan fingerprint density at radius 1 is 1.27 bits per heavy atom. The van der Waals surface area contributed by atoms with E-state index < -0.39 is 0 Å². The van der Waals surface area contributed by atoms with Crippen molar-refractivity contribution in [2.45, 2.75) is 52.5 Å². The van der Waals surface area contributed by atoms with Crippen LogP contribution in [0.15, 0.2) is 11.6 Å². The molecular weight excluding hydrogens is 296 g/mol. The average Bonchev–Trinajstić information content (AvgIpc) is 2.88. The molecule has 0 saturated carbocycles. The molecule has 0 spiro atoms. The third kappa shape index (κ3) is 4.06. The van der Waals surface area contributed by atoms with Crippen LogP contribution in [0.1, 0.15) is 46.5 Å². The van der Waals surface area contributed by atoms with Crippen LogP contribution in [-0.2, 0) is 9.59 Å². The van der Waals surface area contributed by atoms with Crippen molar-refractivity contribution in [2.75, 3.05) is 24.7 Å². The van der Waals surface area contributed by atoms with E-state index in [2.05, 4.69) is 6.92 Å². The van der Waals surface area contributed by atoms with Crippen LogP contribution in [0.25, 0.3) is 0 Å². The molecule has 124 valence electrons. The van der Waals surface area contributed by atoms with Gasteiger partial charge in [0.25, 0.3) is 5.91 Å². The van der Waals surface area contributed by atoms with Gasteiger partial charge in [-0.15, -0.1) is 11.8 Å². The van der Waals surface area contributed by atoms with Gasteiger partial charge in [0, 0.05) is 24.4 Å². The van der Waals surface area contributed by atoms with E-state index in [9.17, 15) is 9.59 Å². The van der Waals surface area contributed by atoms with Crippen molar-refractivity contribution in [1.29, 1.82) is 0 Å². The number of amides is 2. The molecule has 5 heteroatoms. The Bertz CT molecular complexity index is 450. The van der Waals surface area contributed by atoms with Crippen LogP contribution >= 0.6 is 11.8 Å². The maximum absolute atomic E-state index is 12.9. The summed E-state index contributed by atoms with van der Waals surface area (Å²) in [6.07, 6.45) is 6.15. The summed E-state index contributed by atoms with van der Waals surface area (Å²) in [6, 6.07) is -0.272. The monoisotopic (exact) mass is 324 g/mol. The minimum absolute atomic E-state index is 0.0217. The van der Waals surface area contributed by atoms with Crippen molar-refractivity contribution >= 4 is 23.6 Å². The molecule has 2 fully saturated rings. The summed E-state index contributed by atoms with van der Waals surface area (Å²) >= 11 is 1.68. The van der Waals surface area contributed by atoms with Gasteiger partial charge in [0.2, 0.25) is 5.91 Å². The van der Waals surface area contributed by atoms with Gasteiger partial charge >= 0.3 is 0 Å². The molecule has 0 N–H and O–H groups in total. The van der Waals surface area contributed by atoms with Crippen LogP contribution in [0.2, 0.25) is 0 Å². The number of hydrogen-bond donors (Lipinski definition) is 0. The molecule has 2 amide bonds. The van der Waals surface area contributed by atoms with Gasteiger partial charge in [-0.05, 0) is 38.5 Å². The molecule has 2 aliphatic rings. The normalized spacial score (nSPS) is 27.0. The summed E-state index contributed by atoms with van der Waals surface area (Å²) < 4.78 is 0.